The zero-order valence-corrected chi connectivity index (χ0v) is 20.4. The van der Waals surface area contributed by atoms with Crippen molar-refractivity contribution in [3.63, 3.8) is 0 Å². The Bertz CT molecular complexity index is 1070. The molecule has 0 aliphatic carbocycles. The number of nitrogens with one attached hydrogen (secondary N) is 1. The zero-order valence-electron chi connectivity index (χ0n) is 18.8. The first-order valence-electron chi connectivity index (χ1n) is 11.1. The molecule has 1 N–H and O–H groups in total. The van der Waals surface area contributed by atoms with Crippen LogP contribution < -0.4 is 19.7 Å². The van der Waals surface area contributed by atoms with Crippen LogP contribution in [0, 0.1) is 0 Å². The number of likely N-dealkylation sites (tertiary alicyclic amines) is 1. The smallest absolute Gasteiger partial charge is 0.294 e. The number of nitrogens with zero attached hydrogens (tertiary/aromatic N) is 2. The van der Waals surface area contributed by atoms with Gasteiger partial charge in [-0.25, -0.2) is 0 Å². The van der Waals surface area contributed by atoms with Gasteiger partial charge in [-0.05, 0) is 77.8 Å². The number of ether oxygens (including phenoxy) is 2. The van der Waals surface area contributed by atoms with Crippen LogP contribution in [0.5, 0.6) is 11.5 Å². The number of hydrogen-bond donors (Lipinski definition) is 1. The molecule has 1 atom stereocenters. The molecular formula is C25H28BrN3O4. The molecule has 0 unspecified atom stereocenters. The zero-order chi connectivity index (χ0) is 23.4. The van der Waals surface area contributed by atoms with Crippen LogP contribution in [0.3, 0.4) is 0 Å². The van der Waals surface area contributed by atoms with E-state index < -0.39 is 0 Å². The molecule has 2 aromatic carbocycles. The highest BCUT2D eigenvalue weighted by Crippen LogP contribution is 2.36. The molecule has 2 aromatic rings. The van der Waals surface area contributed by atoms with Crippen molar-refractivity contribution in [1.82, 2.24) is 10.2 Å². The molecule has 2 aliphatic rings. The second kappa shape index (κ2) is 10.4. The molecule has 0 spiro atoms. The first kappa shape index (κ1) is 23.3. The lowest BCUT2D eigenvalue weighted by Gasteiger charge is -2.30. The van der Waals surface area contributed by atoms with Crippen molar-refractivity contribution in [3.8, 4) is 11.5 Å². The Balaban J connectivity index is 1.52. The molecule has 0 bridgehead atoms. The predicted molar refractivity (Wildman–Crippen MR) is 131 cm³/mol. The molecule has 0 saturated carbocycles. The lowest BCUT2D eigenvalue weighted by atomic mass is 10.1. The number of methoxy groups -OCH3 is 1. The highest BCUT2D eigenvalue weighted by atomic mass is 79.9. The number of amides is 2. The van der Waals surface area contributed by atoms with E-state index in [9.17, 15) is 9.59 Å². The molecule has 1 saturated heterocycles. The molecule has 4 rings (SSSR count). The van der Waals surface area contributed by atoms with Gasteiger partial charge in [0.25, 0.3) is 5.91 Å². The summed E-state index contributed by atoms with van der Waals surface area (Å²) < 4.78 is 12.0. The van der Waals surface area contributed by atoms with Crippen molar-refractivity contribution in [3.05, 3.63) is 58.3 Å². The van der Waals surface area contributed by atoms with Crippen molar-refractivity contribution in [2.75, 3.05) is 38.2 Å². The van der Waals surface area contributed by atoms with Gasteiger partial charge in [-0.1, -0.05) is 25.1 Å². The highest BCUT2D eigenvalue weighted by molar-refractivity contribution is 9.10. The van der Waals surface area contributed by atoms with Gasteiger partial charge in [0.05, 0.1) is 17.3 Å². The molecule has 1 fully saturated rings. The Kier molecular flexibility index (Phi) is 7.35. The predicted octanol–water partition coefficient (Wildman–Crippen LogP) is 3.82. The fourth-order valence-electron chi connectivity index (χ4n) is 4.32. The summed E-state index contributed by atoms with van der Waals surface area (Å²) in [5, 5.41) is 3.02. The maximum absolute atomic E-state index is 13.3. The van der Waals surface area contributed by atoms with Gasteiger partial charge in [0.2, 0.25) is 5.91 Å². The summed E-state index contributed by atoms with van der Waals surface area (Å²) in [6.07, 6.45) is 3.90. The van der Waals surface area contributed by atoms with E-state index in [2.05, 4.69) is 33.1 Å². The quantitative estimate of drug-likeness (QED) is 0.569. The maximum atomic E-state index is 13.3. The van der Waals surface area contributed by atoms with Crippen LogP contribution in [0.2, 0.25) is 0 Å². The van der Waals surface area contributed by atoms with E-state index >= 15 is 0 Å². The third kappa shape index (κ3) is 5.23. The number of carbonyl (C=O) groups is 2. The highest BCUT2D eigenvalue weighted by Gasteiger charge is 2.32. The summed E-state index contributed by atoms with van der Waals surface area (Å²) in [5.74, 6) is 0.852. The van der Waals surface area contributed by atoms with Gasteiger partial charge in [0, 0.05) is 12.6 Å². The molecule has 8 heteroatoms. The fraction of sp³-hybridized carbons (Fsp3) is 0.360. The first-order chi connectivity index (χ1) is 16.0. The van der Waals surface area contributed by atoms with Gasteiger partial charge in [0.15, 0.2) is 11.5 Å². The summed E-state index contributed by atoms with van der Waals surface area (Å²) in [7, 11) is 1.60. The number of para-hydroxylation sites is 2. The Morgan fingerprint density at radius 2 is 2.12 bits per heavy atom. The third-order valence-electron chi connectivity index (χ3n) is 6.05. The van der Waals surface area contributed by atoms with E-state index in [4.69, 9.17) is 9.47 Å². The molecule has 2 heterocycles. The fourth-order valence-corrected chi connectivity index (χ4v) is 4.88. The number of carbonyl (C=O) groups excluding carboxylic acids is 2. The molecule has 0 radical (unpaired) electrons. The average Bonchev–Trinajstić information content (AvgIpc) is 3.28. The van der Waals surface area contributed by atoms with Gasteiger partial charge < -0.3 is 14.8 Å². The van der Waals surface area contributed by atoms with Gasteiger partial charge in [0.1, 0.15) is 12.3 Å². The number of hydrogen-bond acceptors (Lipinski definition) is 5. The Morgan fingerprint density at radius 3 is 2.88 bits per heavy atom. The number of fused-ring (bicyclic) bond motifs is 1. The average molecular weight is 514 g/mol. The standard InChI is InChI=1S/C25H28BrN3O4/c1-3-28-12-6-7-18(28)15-27-24(30)16-29-20-8-4-5-9-22(20)33-23(25(29)31)14-17-10-11-21(32-2)19(26)13-17/h4-5,8-11,13-14,18H,3,6-7,12,15-16H2,1-2H3,(H,27,30)/b23-14+/t18-/m0/s1. The van der Waals surface area contributed by atoms with E-state index in [-0.39, 0.29) is 24.1 Å². The minimum atomic E-state index is -0.355. The molecule has 0 aromatic heterocycles. The molecular weight excluding hydrogens is 486 g/mol. The minimum absolute atomic E-state index is 0.0678. The normalized spacial score (nSPS) is 19.4. The topological polar surface area (TPSA) is 71.1 Å². The number of rotatable bonds is 7. The summed E-state index contributed by atoms with van der Waals surface area (Å²) >= 11 is 3.47. The van der Waals surface area contributed by atoms with Crippen LogP contribution in [0.4, 0.5) is 5.69 Å². The Labute approximate surface area is 202 Å². The number of likely N-dealkylation sites (N-methyl/N-ethyl adjacent to an activating group) is 1. The minimum Gasteiger partial charge on any atom is -0.496 e. The number of benzene rings is 2. The summed E-state index contributed by atoms with van der Waals surface area (Å²) in [4.78, 5) is 30.0. The monoisotopic (exact) mass is 513 g/mol. The van der Waals surface area contributed by atoms with Gasteiger partial charge in [-0.15, -0.1) is 0 Å². The van der Waals surface area contributed by atoms with E-state index in [0.717, 1.165) is 36.0 Å². The second-order valence-electron chi connectivity index (χ2n) is 8.09. The molecule has 2 aliphatic heterocycles. The molecule has 7 nitrogen and oxygen atoms in total. The van der Waals surface area contributed by atoms with Crippen molar-refractivity contribution < 1.29 is 19.1 Å². The summed E-state index contributed by atoms with van der Waals surface area (Å²) in [6, 6.07) is 13.1. The van der Waals surface area contributed by atoms with Crippen LogP contribution in [0.1, 0.15) is 25.3 Å². The maximum Gasteiger partial charge on any atom is 0.294 e. The number of anilines is 1. The van der Waals surface area contributed by atoms with Gasteiger partial charge >= 0.3 is 0 Å². The van der Waals surface area contributed by atoms with Crippen molar-refractivity contribution in [2.45, 2.75) is 25.8 Å². The van der Waals surface area contributed by atoms with E-state index in [1.54, 1.807) is 25.3 Å². The molecule has 33 heavy (non-hydrogen) atoms. The largest absolute Gasteiger partial charge is 0.496 e. The number of halogens is 1. The Morgan fingerprint density at radius 1 is 1.30 bits per heavy atom. The second-order valence-corrected chi connectivity index (χ2v) is 8.95. The van der Waals surface area contributed by atoms with Crippen LogP contribution in [-0.4, -0.2) is 56.0 Å². The van der Waals surface area contributed by atoms with Crippen LogP contribution in [0.25, 0.3) is 6.08 Å². The van der Waals surface area contributed by atoms with Crippen LogP contribution in [-0.2, 0) is 9.59 Å². The summed E-state index contributed by atoms with van der Waals surface area (Å²) in [5.41, 5.74) is 1.36. The van der Waals surface area contributed by atoms with Crippen LogP contribution >= 0.6 is 15.9 Å². The van der Waals surface area contributed by atoms with E-state index in [0.29, 0.717) is 29.8 Å². The van der Waals surface area contributed by atoms with E-state index in [1.807, 2.05) is 30.3 Å². The van der Waals surface area contributed by atoms with Gasteiger partial charge in [-0.2, -0.15) is 0 Å². The molecule has 174 valence electrons. The lowest BCUT2D eigenvalue weighted by Crippen LogP contribution is -2.47. The first-order valence-corrected chi connectivity index (χ1v) is 11.9. The summed E-state index contributed by atoms with van der Waals surface area (Å²) in [6.45, 7) is 4.71. The van der Waals surface area contributed by atoms with Crippen molar-refractivity contribution in [2.24, 2.45) is 0 Å². The third-order valence-corrected chi connectivity index (χ3v) is 6.67. The SMILES string of the molecule is CCN1CCC[C@H]1CNC(=O)CN1C(=O)/C(=C\c2ccc(OC)c(Br)c2)Oc2ccccc21. The van der Waals surface area contributed by atoms with E-state index in [1.165, 1.54) is 4.90 Å². The molecule has 2 amide bonds. The van der Waals surface area contributed by atoms with Crippen molar-refractivity contribution in [1.29, 1.82) is 0 Å². The van der Waals surface area contributed by atoms with Crippen LogP contribution in [0.15, 0.2) is 52.7 Å². The van der Waals surface area contributed by atoms with Gasteiger partial charge in [-0.3, -0.25) is 19.4 Å². The van der Waals surface area contributed by atoms with Crippen molar-refractivity contribution >= 4 is 39.5 Å². The lowest BCUT2D eigenvalue weighted by molar-refractivity contribution is -0.123. The Hall–Kier alpha value is -2.84.